The number of rotatable bonds is 3. The van der Waals surface area contributed by atoms with Crippen LogP contribution in [0.25, 0.3) is 0 Å². The SMILES string of the molecule is CC(C)(CN)C(F)c1ccc(Cl)cc1. The predicted octanol–water partition coefficient (Wildman–Crippen LogP) is 3.34. The van der Waals surface area contributed by atoms with Crippen molar-refractivity contribution in [3.63, 3.8) is 0 Å². The quantitative estimate of drug-likeness (QED) is 0.823. The summed E-state index contributed by atoms with van der Waals surface area (Å²) in [5.41, 5.74) is 5.60. The predicted molar refractivity (Wildman–Crippen MR) is 58.1 cm³/mol. The van der Waals surface area contributed by atoms with Crippen LogP contribution in [0.5, 0.6) is 0 Å². The number of hydrogen-bond donors (Lipinski definition) is 1. The molecule has 0 amide bonds. The first-order valence-corrected chi connectivity index (χ1v) is 4.95. The van der Waals surface area contributed by atoms with Crippen molar-refractivity contribution in [2.75, 3.05) is 6.54 Å². The summed E-state index contributed by atoms with van der Waals surface area (Å²) in [6, 6.07) is 6.78. The van der Waals surface area contributed by atoms with Gasteiger partial charge in [0.1, 0.15) is 6.17 Å². The van der Waals surface area contributed by atoms with Gasteiger partial charge in [-0.2, -0.15) is 0 Å². The summed E-state index contributed by atoms with van der Waals surface area (Å²) < 4.78 is 13.9. The van der Waals surface area contributed by atoms with Crippen molar-refractivity contribution in [2.24, 2.45) is 11.1 Å². The van der Waals surface area contributed by atoms with Gasteiger partial charge in [0.2, 0.25) is 0 Å². The fraction of sp³-hybridized carbons (Fsp3) is 0.455. The van der Waals surface area contributed by atoms with Gasteiger partial charge in [0.15, 0.2) is 0 Å². The van der Waals surface area contributed by atoms with Crippen molar-refractivity contribution in [3.8, 4) is 0 Å². The molecule has 14 heavy (non-hydrogen) atoms. The van der Waals surface area contributed by atoms with Gasteiger partial charge < -0.3 is 5.73 Å². The molecule has 0 saturated carbocycles. The van der Waals surface area contributed by atoms with E-state index in [2.05, 4.69) is 0 Å². The first kappa shape index (κ1) is 11.5. The maximum atomic E-state index is 13.9. The lowest BCUT2D eigenvalue weighted by molar-refractivity contribution is 0.153. The van der Waals surface area contributed by atoms with E-state index in [-0.39, 0.29) is 0 Å². The van der Waals surface area contributed by atoms with Gasteiger partial charge in [-0.3, -0.25) is 0 Å². The highest BCUT2D eigenvalue weighted by molar-refractivity contribution is 6.30. The molecule has 0 fully saturated rings. The zero-order chi connectivity index (χ0) is 10.8. The molecule has 78 valence electrons. The van der Waals surface area contributed by atoms with Crippen molar-refractivity contribution in [3.05, 3.63) is 34.9 Å². The highest BCUT2D eigenvalue weighted by atomic mass is 35.5. The number of alkyl halides is 1. The molecule has 0 heterocycles. The summed E-state index contributed by atoms with van der Waals surface area (Å²) in [6.45, 7) is 3.94. The Morgan fingerprint density at radius 2 is 1.86 bits per heavy atom. The number of nitrogens with two attached hydrogens (primary N) is 1. The van der Waals surface area contributed by atoms with E-state index in [0.717, 1.165) is 0 Å². The van der Waals surface area contributed by atoms with Gasteiger partial charge in [0, 0.05) is 17.0 Å². The molecule has 0 radical (unpaired) electrons. The molecule has 1 nitrogen and oxygen atoms in total. The van der Waals surface area contributed by atoms with Crippen LogP contribution in [0.4, 0.5) is 4.39 Å². The first-order valence-electron chi connectivity index (χ1n) is 4.57. The summed E-state index contributed by atoms with van der Waals surface area (Å²) in [7, 11) is 0. The Hall–Kier alpha value is -0.600. The van der Waals surface area contributed by atoms with E-state index in [1.54, 1.807) is 24.3 Å². The Morgan fingerprint density at radius 3 is 2.29 bits per heavy atom. The zero-order valence-electron chi connectivity index (χ0n) is 8.43. The summed E-state index contributed by atoms with van der Waals surface area (Å²) in [6.07, 6.45) is -1.05. The number of benzene rings is 1. The average molecular weight is 216 g/mol. The Bertz CT molecular complexity index is 295. The molecular weight excluding hydrogens is 201 g/mol. The Morgan fingerprint density at radius 1 is 1.36 bits per heavy atom. The van der Waals surface area contributed by atoms with Crippen LogP contribution in [0.3, 0.4) is 0 Å². The van der Waals surface area contributed by atoms with Gasteiger partial charge in [-0.05, 0) is 17.7 Å². The normalized spacial score (nSPS) is 14.1. The highest BCUT2D eigenvalue weighted by Gasteiger charge is 2.29. The Balaban J connectivity index is 2.89. The molecule has 1 aromatic carbocycles. The minimum atomic E-state index is -1.05. The van der Waals surface area contributed by atoms with Gasteiger partial charge in [-0.25, -0.2) is 4.39 Å². The molecule has 1 rings (SSSR count). The third kappa shape index (κ3) is 2.46. The molecule has 0 saturated heterocycles. The topological polar surface area (TPSA) is 26.0 Å². The van der Waals surface area contributed by atoms with Crippen LogP contribution in [0.15, 0.2) is 24.3 Å². The summed E-state index contributed by atoms with van der Waals surface area (Å²) in [4.78, 5) is 0. The maximum absolute atomic E-state index is 13.9. The van der Waals surface area contributed by atoms with Crippen LogP contribution in [0.1, 0.15) is 25.6 Å². The molecular formula is C11H15ClFN. The maximum Gasteiger partial charge on any atom is 0.131 e. The molecule has 0 aliphatic heterocycles. The van der Waals surface area contributed by atoms with Gasteiger partial charge >= 0.3 is 0 Å². The lowest BCUT2D eigenvalue weighted by Crippen LogP contribution is -2.28. The van der Waals surface area contributed by atoms with Crippen LogP contribution < -0.4 is 5.73 Å². The summed E-state index contributed by atoms with van der Waals surface area (Å²) in [5, 5.41) is 0.617. The highest BCUT2D eigenvalue weighted by Crippen LogP contribution is 2.35. The van der Waals surface area contributed by atoms with E-state index in [0.29, 0.717) is 17.1 Å². The molecule has 2 N–H and O–H groups in total. The fourth-order valence-electron chi connectivity index (χ4n) is 1.19. The molecule has 0 bridgehead atoms. The third-order valence-electron chi connectivity index (χ3n) is 2.37. The minimum Gasteiger partial charge on any atom is -0.330 e. The lowest BCUT2D eigenvalue weighted by atomic mass is 9.84. The molecule has 0 aliphatic rings. The van der Waals surface area contributed by atoms with E-state index in [1.165, 1.54) is 0 Å². The van der Waals surface area contributed by atoms with Gasteiger partial charge in [-0.15, -0.1) is 0 Å². The largest absolute Gasteiger partial charge is 0.330 e. The number of halogens is 2. The minimum absolute atomic E-state index is 0.316. The van der Waals surface area contributed by atoms with Gasteiger partial charge in [0.25, 0.3) is 0 Å². The van der Waals surface area contributed by atoms with Crippen LogP contribution in [-0.2, 0) is 0 Å². The van der Waals surface area contributed by atoms with Crippen molar-refractivity contribution in [1.82, 2.24) is 0 Å². The van der Waals surface area contributed by atoms with Crippen LogP contribution >= 0.6 is 11.6 Å². The van der Waals surface area contributed by atoms with E-state index in [1.807, 2.05) is 13.8 Å². The van der Waals surface area contributed by atoms with Crippen molar-refractivity contribution < 1.29 is 4.39 Å². The van der Waals surface area contributed by atoms with E-state index < -0.39 is 11.6 Å². The standard InChI is InChI=1S/C11H15ClFN/c1-11(2,7-14)10(13)8-3-5-9(12)6-4-8/h3-6,10H,7,14H2,1-2H3. The van der Waals surface area contributed by atoms with Crippen molar-refractivity contribution in [1.29, 1.82) is 0 Å². The monoisotopic (exact) mass is 215 g/mol. The second-order valence-electron chi connectivity index (χ2n) is 4.11. The van der Waals surface area contributed by atoms with Crippen molar-refractivity contribution in [2.45, 2.75) is 20.0 Å². The number of hydrogen-bond acceptors (Lipinski definition) is 1. The third-order valence-corrected chi connectivity index (χ3v) is 2.63. The second kappa shape index (κ2) is 4.28. The molecule has 3 heteroatoms. The summed E-state index contributed by atoms with van der Waals surface area (Å²) in [5.74, 6) is 0. The van der Waals surface area contributed by atoms with E-state index in [4.69, 9.17) is 17.3 Å². The average Bonchev–Trinajstić information content (AvgIpc) is 2.18. The van der Waals surface area contributed by atoms with Crippen LogP contribution in [-0.4, -0.2) is 6.54 Å². The molecule has 0 aliphatic carbocycles. The van der Waals surface area contributed by atoms with Gasteiger partial charge in [-0.1, -0.05) is 37.6 Å². The van der Waals surface area contributed by atoms with Crippen LogP contribution in [0, 0.1) is 5.41 Å². The van der Waals surface area contributed by atoms with E-state index >= 15 is 0 Å². The van der Waals surface area contributed by atoms with Gasteiger partial charge in [0.05, 0.1) is 0 Å². The molecule has 0 spiro atoms. The second-order valence-corrected chi connectivity index (χ2v) is 4.54. The lowest BCUT2D eigenvalue weighted by Gasteiger charge is -2.27. The summed E-state index contributed by atoms with van der Waals surface area (Å²) >= 11 is 5.72. The Labute approximate surface area is 89.1 Å². The molecule has 1 aromatic rings. The van der Waals surface area contributed by atoms with E-state index in [9.17, 15) is 4.39 Å². The molecule has 1 unspecified atom stereocenters. The van der Waals surface area contributed by atoms with Crippen molar-refractivity contribution >= 4 is 11.6 Å². The molecule has 0 aromatic heterocycles. The fourth-order valence-corrected chi connectivity index (χ4v) is 1.31. The molecule has 1 atom stereocenters. The zero-order valence-corrected chi connectivity index (χ0v) is 9.18. The Kier molecular flexibility index (Phi) is 3.51. The van der Waals surface area contributed by atoms with Crippen LogP contribution in [0.2, 0.25) is 5.02 Å². The first-order chi connectivity index (χ1) is 6.47. The smallest absolute Gasteiger partial charge is 0.131 e.